The molecule has 2 aliphatic rings. The van der Waals surface area contributed by atoms with Crippen molar-refractivity contribution in [1.82, 2.24) is 9.80 Å². The van der Waals surface area contributed by atoms with Crippen LogP contribution in [0.2, 0.25) is 0 Å². The number of hydrogen-bond donors (Lipinski definition) is 1. The molecule has 18 heavy (non-hydrogen) atoms. The number of hydrogen-bond acceptors (Lipinski definition) is 3. The number of β-lactam (4-membered cyclic amide) rings is 1. The Morgan fingerprint density at radius 3 is 2.61 bits per heavy atom. The molecule has 0 aromatic rings. The second-order valence-electron chi connectivity index (χ2n) is 6.03. The topological polar surface area (TPSA) is 43.8 Å². The summed E-state index contributed by atoms with van der Waals surface area (Å²) in [5.74, 6) is 1.13. The Hall–Kier alpha value is -0.610. The number of amides is 1. The average molecular weight is 254 g/mol. The third-order valence-corrected chi connectivity index (χ3v) is 4.57. The predicted molar refractivity (Wildman–Crippen MR) is 71.2 cm³/mol. The van der Waals surface area contributed by atoms with E-state index in [1.807, 2.05) is 4.90 Å². The summed E-state index contributed by atoms with van der Waals surface area (Å²) >= 11 is 0. The standard InChI is InChI=1S/C14H26N2O2/c1-11(9-12-3-6-15(2)7-4-12)16-10-13(5-8-17)14(16)18/h11-13,17H,3-10H2,1-2H3/t11-,13-/m1/s1. The van der Waals surface area contributed by atoms with Crippen molar-refractivity contribution in [2.75, 3.05) is 33.3 Å². The Kier molecular flexibility index (Phi) is 4.62. The summed E-state index contributed by atoms with van der Waals surface area (Å²) in [4.78, 5) is 16.3. The lowest BCUT2D eigenvalue weighted by molar-refractivity contribution is -0.152. The lowest BCUT2D eigenvalue weighted by atomic mass is 9.87. The highest BCUT2D eigenvalue weighted by atomic mass is 16.3. The molecule has 2 saturated heterocycles. The minimum absolute atomic E-state index is 0.0925. The van der Waals surface area contributed by atoms with Gasteiger partial charge in [0.15, 0.2) is 0 Å². The maximum atomic E-state index is 11.9. The molecule has 0 aromatic heterocycles. The van der Waals surface area contributed by atoms with E-state index in [9.17, 15) is 4.79 Å². The molecule has 0 bridgehead atoms. The van der Waals surface area contributed by atoms with Crippen molar-refractivity contribution in [3.63, 3.8) is 0 Å². The van der Waals surface area contributed by atoms with Crippen LogP contribution in [0, 0.1) is 11.8 Å². The number of likely N-dealkylation sites (tertiary alicyclic amines) is 2. The summed E-state index contributed by atoms with van der Waals surface area (Å²) < 4.78 is 0. The fraction of sp³-hybridized carbons (Fsp3) is 0.929. The zero-order valence-corrected chi connectivity index (χ0v) is 11.6. The molecule has 2 aliphatic heterocycles. The van der Waals surface area contributed by atoms with Gasteiger partial charge in [-0.2, -0.15) is 0 Å². The van der Waals surface area contributed by atoms with Crippen molar-refractivity contribution < 1.29 is 9.90 Å². The highest BCUT2D eigenvalue weighted by Gasteiger charge is 2.39. The van der Waals surface area contributed by atoms with Crippen molar-refractivity contribution >= 4 is 5.91 Å². The van der Waals surface area contributed by atoms with Gasteiger partial charge in [-0.05, 0) is 58.7 Å². The van der Waals surface area contributed by atoms with E-state index in [0.717, 1.165) is 18.9 Å². The lowest BCUT2D eigenvalue weighted by Crippen LogP contribution is -2.56. The van der Waals surface area contributed by atoms with Crippen molar-refractivity contribution in [3.8, 4) is 0 Å². The highest BCUT2D eigenvalue weighted by Crippen LogP contribution is 2.29. The highest BCUT2D eigenvalue weighted by molar-refractivity contribution is 5.84. The van der Waals surface area contributed by atoms with Gasteiger partial charge in [-0.15, -0.1) is 0 Å². The second kappa shape index (κ2) is 6.02. The molecule has 2 heterocycles. The van der Waals surface area contributed by atoms with Gasteiger partial charge in [0.05, 0.1) is 5.92 Å². The third-order valence-electron chi connectivity index (χ3n) is 4.57. The molecule has 2 atom stereocenters. The molecule has 104 valence electrons. The first-order valence-electron chi connectivity index (χ1n) is 7.21. The van der Waals surface area contributed by atoms with Crippen LogP contribution in [0.25, 0.3) is 0 Å². The molecule has 0 unspecified atom stereocenters. The quantitative estimate of drug-likeness (QED) is 0.743. The van der Waals surface area contributed by atoms with E-state index in [1.165, 1.54) is 25.9 Å². The second-order valence-corrected chi connectivity index (χ2v) is 6.03. The fourth-order valence-corrected chi connectivity index (χ4v) is 3.20. The first-order valence-corrected chi connectivity index (χ1v) is 7.21. The van der Waals surface area contributed by atoms with E-state index in [4.69, 9.17) is 5.11 Å². The molecule has 1 N–H and O–H groups in total. The van der Waals surface area contributed by atoms with Crippen LogP contribution in [0.1, 0.15) is 32.6 Å². The van der Waals surface area contributed by atoms with E-state index in [1.54, 1.807) is 0 Å². The molecular weight excluding hydrogens is 228 g/mol. The molecule has 0 spiro atoms. The van der Waals surface area contributed by atoms with Gasteiger partial charge in [0, 0.05) is 19.2 Å². The minimum atomic E-state index is 0.0925. The maximum absolute atomic E-state index is 11.9. The van der Waals surface area contributed by atoms with Crippen LogP contribution in [0.5, 0.6) is 0 Å². The molecule has 0 saturated carbocycles. The first kappa shape index (κ1) is 13.8. The van der Waals surface area contributed by atoms with Gasteiger partial charge in [-0.1, -0.05) is 0 Å². The Morgan fingerprint density at radius 1 is 1.39 bits per heavy atom. The molecular formula is C14H26N2O2. The van der Waals surface area contributed by atoms with Gasteiger partial charge in [0.25, 0.3) is 0 Å². The van der Waals surface area contributed by atoms with Gasteiger partial charge in [-0.25, -0.2) is 0 Å². The average Bonchev–Trinajstić information content (AvgIpc) is 2.36. The Balaban J connectivity index is 1.72. The zero-order valence-electron chi connectivity index (χ0n) is 11.6. The largest absolute Gasteiger partial charge is 0.396 e. The van der Waals surface area contributed by atoms with Crippen molar-refractivity contribution in [3.05, 3.63) is 0 Å². The van der Waals surface area contributed by atoms with Crippen molar-refractivity contribution in [2.45, 2.75) is 38.6 Å². The first-order chi connectivity index (χ1) is 8.61. The fourth-order valence-electron chi connectivity index (χ4n) is 3.20. The summed E-state index contributed by atoms with van der Waals surface area (Å²) in [6.45, 7) is 5.54. The molecule has 2 fully saturated rings. The van der Waals surface area contributed by atoms with Crippen molar-refractivity contribution in [1.29, 1.82) is 0 Å². The monoisotopic (exact) mass is 254 g/mol. The van der Waals surface area contributed by atoms with Gasteiger partial charge in [0.2, 0.25) is 5.91 Å². The normalized spacial score (nSPS) is 28.3. The third kappa shape index (κ3) is 3.04. The number of nitrogens with zero attached hydrogens (tertiary/aromatic N) is 2. The van der Waals surface area contributed by atoms with Crippen LogP contribution in [-0.2, 0) is 4.79 Å². The molecule has 0 radical (unpaired) electrons. The lowest BCUT2D eigenvalue weighted by Gasteiger charge is -2.44. The van der Waals surface area contributed by atoms with Gasteiger partial charge in [0.1, 0.15) is 0 Å². The van der Waals surface area contributed by atoms with E-state index in [-0.39, 0.29) is 18.4 Å². The van der Waals surface area contributed by atoms with Gasteiger partial charge in [-0.3, -0.25) is 4.79 Å². The summed E-state index contributed by atoms with van der Waals surface area (Å²) in [6.07, 6.45) is 4.31. The van der Waals surface area contributed by atoms with Crippen LogP contribution < -0.4 is 0 Å². The summed E-state index contributed by atoms with van der Waals surface area (Å²) in [7, 11) is 2.18. The number of carbonyl (C=O) groups excluding carboxylic acids is 1. The Labute approximate surface area is 110 Å². The predicted octanol–water partition coefficient (Wildman–Crippen LogP) is 0.948. The van der Waals surface area contributed by atoms with Crippen LogP contribution in [0.4, 0.5) is 0 Å². The van der Waals surface area contributed by atoms with Gasteiger partial charge < -0.3 is 14.9 Å². The van der Waals surface area contributed by atoms with Crippen LogP contribution in [0.3, 0.4) is 0 Å². The molecule has 4 heteroatoms. The smallest absolute Gasteiger partial charge is 0.227 e. The van der Waals surface area contributed by atoms with E-state index in [0.29, 0.717) is 12.5 Å². The molecule has 4 nitrogen and oxygen atoms in total. The summed E-state index contributed by atoms with van der Waals surface area (Å²) in [5, 5.41) is 8.85. The molecule has 1 amide bonds. The number of rotatable bonds is 5. The number of piperidine rings is 1. The van der Waals surface area contributed by atoms with Crippen LogP contribution in [0.15, 0.2) is 0 Å². The zero-order chi connectivity index (χ0) is 13.1. The maximum Gasteiger partial charge on any atom is 0.227 e. The van der Waals surface area contributed by atoms with Crippen LogP contribution >= 0.6 is 0 Å². The Morgan fingerprint density at radius 2 is 2.06 bits per heavy atom. The van der Waals surface area contributed by atoms with E-state index < -0.39 is 0 Å². The molecule has 0 aromatic carbocycles. The van der Waals surface area contributed by atoms with E-state index in [2.05, 4.69) is 18.9 Å². The summed E-state index contributed by atoms with van der Waals surface area (Å²) in [5.41, 5.74) is 0. The van der Waals surface area contributed by atoms with E-state index >= 15 is 0 Å². The van der Waals surface area contributed by atoms with Crippen molar-refractivity contribution in [2.24, 2.45) is 11.8 Å². The number of carbonyl (C=O) groups is 1. The SMILES string of the molecule is C[C@H](CC1CCN(C)CC1)N1C[C@@H](CCO)C1=O. The molecule has 2 rings (SSSR count). The molecule has 0 aliphatic carbocycles. The Bertz CT molecular complexity index is 288. The number of aliphatic hydroxyl groups is 1. The number of aliphatic hydroxyl groups excluding tert-OH is 1. The van der Waals surface area contributed by atoms with Crippen LogP contribution in [-0.4, -0.2) is 60.1 Å². The van der Waals surface area contributed by atoms with Gasteiger partial charge >= 0.3 is 0 Å². The minimum Gasteiger partial charge on any atom is -0.396 e. The summed E-state index contributed by atoms with van der Waals surface area (Å²) in [6, 6.07) is 0.376.